The van der Waals surface area contributed by atoms with Crippen molar-refractivity contribution in [3.63, 3.8) is 0 Å². The Labute approximate surface area is 205 Å². The van der Waals surface area contributed by atoms with E-state index in [4.69, 9.17) is 0 Å². The van der Waals surface area contributed by atoms with Crippen molar-refractivity contribution in [3.8, 4) is 0 Å². The molecule has 178 valence electrons. The number of aromatic nitrogens is 2. The first-order valence-electron chi connectivity index (χ1n) is 11.5. The van der Waals surface area contributed by atoms with Gasteiger partial charge in [-0.3, -0.25) is 14.6 Å². The second kappa shape index (κ2) is 11.8. The Morgan fingerprint density at radius 1 is 1.18 bits per heavy atom. The molecule has 1 saturated heterocycles. The number of amides is 1. The predicted octanol–water partition coefficient (Wildman–Crippen LogP) is 4.58. The van der Waals surface area contributed by atoms with Gasteiger partial charge in [0.2, 0.25) is 12.1 Å². The highest BCUT2D eigenvalue weighted by atomic mass is 32.2. The van der Waals surface area contributed by atoms with Crippen molar-refractivity contribution in [3.05, 3.63) is 56.8 Å². The van der Waals surface area contributed by atoms with E-state index < -0.39 is 0 Å². The SMILES string of the molecule is CC1=C(C)N(CC(=O)c2ccccn2)CS1.Cc1sc[n+](CC(=O)N2CCCCC2C)c1C. The number of rotatable bonds is 5. The van der Waals surface area contributed by atoms with Crippen LogP contribution in [0.3, 0.4) is 0 Å². The van der Waals surface area contributed by atoms with Crippen LogP contribution in [0.1, 0.15) is 61.1 Å². The van der Waals surface area contributed by atoms with Gasteiger partial charge in [-0.15, -0.1) is 11.8 Å². The third kappa shape index (κ3) is 6.67. The highest BCUT2D eigenvalue weighted by Crippen LogP contribution is 2.30. The van der Waals surface area contributed by atoms with E-state index >= 15 is 0 Å². The fourth-order valence-electron chi connectivity index (χ4n) is 3.92. The number of thioether (sulfide) groups is 1. The van der Waals surface area contributed by atoms with Crippen molar-refractivity contribution >= 4 is 34.8 Å². The van der Waals surface area contributed by atoms with Crippen molar-refractivity contribution in [1.82, 2.24) is 14.8 Å². The lowest BCUT2D eigenvalue weighted by atomic mass is 10.0. The first-order valence-corrected chi connectivity index (χ1v) is 13.4. The van der Waals surface area contributed by atoms with Crippen molar-refractivity contribution < 1.29 is 14.2 Å². The molecule has 0 bridgehead atoms. The molecule has 0 saturated carbocycles. The highest BCUT2D eigenvalue weighted by molar-refractivity contribution is 8.03. The van der Waals surface area contributed by atoms with Gasteiger partial charge in [-0.25, -0.2) is 0 Å². The fourth-order valence-corrected chi connectivity index (χ4v) is 5.69. The van der Waals surface area contributed by atoms with E-state index in [1.807, 2.05) is 17.0 Å². The van der Waals surface area contributed by atoms with Crippen molar-refractivity contribution in [2.45, 2.75) is 66.5 Å². The lowest BCUT2D eigenvalue weighted by Crippen LogP contribution is -2.49. The summed E-state index contributed by atoms with van der Waals surface area (Å²) in [5, 5.41) is 0. The number of Topliss-reactive ketones (excluding diaryl/α,β-unsaturated/α-hetero) is 1. The molecule has 1 amide bonds. The topological polar surface area (TPSA) is 57.4 Å². The van der Waals surface area contributed by atoms with E-state index in [-0.39, 0.29) is 11.7 Å². The number of pyridine rings is 1. The lowest BCUT2D eigenvalue weighted by Gasteiger charge is -2.32. The van der Waals surface area contributed by atoms with Crippen LogP contribution in [0.2, 0.25) is 0 Å². The second-order valence-electron chi connectivity index (χ2n) is 8.68. The molecule has 0 radical (unpaired) electrons. The van der Waals surface area contributed by atoms with Gasteiger partial charge in [-0.1, -0.05) is 17.4 Å². The van der Waals surface area contributed by atoms with E-state index in [1.54, 1.807) is 35.4 Å². The molecule has 6 nitrogen and oxygen atoms in total. The van der Waals surface area contributed by atoms with Crippen LogP contribution in [-0.2, 0) is 11.3 Å². The molecule has 0 aliphatic carbocycles. The summed E-state index contributed by atoms with van der Waals surface area (Å²) in [7, 11) is 0. The Hall–Kier alpha value is -2.19. The number of hydrogen-bond donors (Lipinski definition) is 0. The van der Waals surface area contributed by atoms with Gasteiger partial charge < -0.3 is 9.80 Å². The molecule has 4 heterocycles. The maximum atomic E-state index is 12.2. The van der Waals surface area contributed by atoms with Crippen LogP contribution >= 0.6 is 23.1 Å². The van der Waals surface area contributed by atoms with Crippen molar-refractivity contribution in [2.24, 2.45) is 0 Å². The average molecular weight is 488 g/mol. The minimum atomic E-state index is 0.0789. The average Bonchev–Trinajstić information content (AvgIpc) is 3.30. The number of carbonyl (C=O) groups is 2. The van der Waals surface area contributed by atoms with E-state index in [0.29, 0.717) is 24.8 Å². The van der Waals surface area contributed by atoms with Gasteiger partial charge in [0.05, 0.1) is 17.3 Å². The summed E-state index contributed by atoms with van der Waals surface area (Å²) in [6, 6.07) is 5.83. The molecule has 1 fully saturated rings. The molecule has 4 rings (SSSR count). The molecule has 8 heteroatoms. The number of aryl methyl sites for hydroxylation is 1. The van der Waals surface area contributed by atoms with Crippen LogP contribution in [-0.4, -0.2) is 51.5 Å². The Morgan fingerprint density at radius 2 is 1.97 bits per heavy atom. The van der Waals surface area contributed by atoms with Gasteiger partial charge >= 0.3 is 0 Å². The zero-order valence-corrected chi connectivity index (χ0v) is 22.0. The number of allylic oxidation sites excluding steroid dienone is 2. The van der Waals surface area contributed by atoms with Gasteiger partial charge in [0, 0.05) is 36.3 Å². The molecule has 2 aliphatic rings. The minimum Gasteiger partial charge on any atom is -0.357 e. The largest absolute Gasteiger partial charge is 0.357 e. The Kier molecular flexibility index (Phi) is 9.09. The van der Waals surface area contributed by atoms with E-state index in [1.165, 1.54) is 27.6 Å². The number of hydrogen-bond acceptors (Lipinski definition) is 6. The minimum absolute atomic E-state index is 0.0789. The van der Waals surface area contributed by atoms with Crippen LogP contribution < -0.4 is 4.57 Å². The summed E-state index contributed by atoms with van der Waals surface area (Å²) in [5.74, 6) is 1.22. The van der Waals surface area contributed by atoms with Crippen molar-refractivity contribution in [2.75, 3.05) is 19.0 Å². The highest BCUT2D eigenvalue weighted by Gasteiger charge is 2.27. The standard InChI is InChI=1S/C13H21N2OS.C12H14N2OS/c1-10-6-4-5-7-15(10)13(16)8-14-9-17-12(3)11(14)2;1-9-10(2)16-8-14(9)7-12(15)11-5-3-4-6-13-11/h9-10H,4-8H2,1-3H3;3-6H,7-8H2,1-2H3/q+1;. The molecule has 0 aromatic carbocycles. The third-order valence-electron chi connectivity index (χ3n) is 6.43. The Bertz CT molecular complexity index is 1000. The van der Waals surface area contributed by atoms with Gasteiger partial charge in [-0.05, 0) is 59.1 Å². The number of nitrogens with zero attached hydrogens (tertiary/aromatic N) is 4. The number of thiazole rings is 1. The van der Waals surface area contributed by atoms with Crippen molar-refractivity contribution in [1.29, 1.82) is 0 Å². The molecule has 0 N–H and O–H groups in total. The molecule has 1 atom stereocenters. The predicted molar refractivity (Wildman–Crippen MR) is 135 cm³/mol. The summed E-state index contributed by atoms with van der Waals surface area (Å²) < 4.78 is 2.07. The number of likely N-dealkylation sites (tertiary alicyclic amines) is 1. The maximum Gasteiger partial charge on any atom is 0.288 e. The molecule has 2 aromatic rings. The Balaban J connectivity index is 0.000000186. The number of carbonyl (C=O) groups excluding carboxylic acids is 2. The quantitative estimate of drug-likeness (QED) is 0.457. The zero-order valence-electron chi connectivity index (χ0n) is 20.3. The monoisotopic (exact) mass is 487 g/mol. The maximum absolute atomic E-state index is 12.2. The van der Waals surface area contributed by atoms with Gasteiger partial charge in [0.25, 0.3) is 5.91 Å². The Morgan fingerprint density at radius 3 is 2.55 bits per heavy atom. The van der Waals surface area contributed by atoms with Gasteiger partial charge in [0.1, 0.15) is 5.69 Å². The number of ketones is 1. The summed E-state index contributed by atoms with van der Waals surface area (Å²) in [6.07, 6.45) is 5.22. The molecular weight excluding hydrogens is 452 g/mol. The summed E-state index contributed by atoms with van der Waals surface area (Å²) in [4.78, 5) is 35.0. The van der Waals surface area contributed by atoms with Gasteiger partial charge in [-0.2, -0.15) is 4.57 Å². The van der Waals surface area contributed by atoms with E-state index in [0.717, 1.165) is 25.3 Å². The van der Waals surface area contributed by atoms with Crippen LogP contribution in [0.25, 0.3) is 0 Å². The van der Waals surface area contributed by atoms with Crippen LogP contribution in [0, 0.1) is 13.8 Å². The number of piperidine rings is 1. The fraction of sp³-hybridized carbons (Fsp3) is 0.520. The molecule has 33 heavy (non-hydrogen) atoms. The lowest BCUT2D eigenvalue weighted by molar-refractivity contribution is -0.686. The third-order valence-corrected chi connectivity index (χ3v) is 8.61. The molecule has 1 unspecified atom stereocenters. The van der Waals surface area contributed by atoms with Crippen LogP contribution in [0.4, 0.5) is 0 Å². The molecule has 0 spiro atoms. The first kappa shape index (κ1) is 25.4. The van der Waals surface area contributed by atoms with E-state index in [2.05, 4.69) is 54.6 Å². The summed E-state index contributed by atoms with van der Waals surface area (Å²) in [6.45, 7) is 12.3. The van der Waals surface area contributed by atoms with Crippen LogP contribution in [0.5, 0.6) is 0 Å². The summed E-state index contributed by atoms with van der Waals surface area (Å²) in [5.41, 5.74) is 5.02. The van der Waals surface area contributed by atoms with E-state index in [9.17, 15) is 9.59 Å². The smallest absolute Gasteiger partial charge is 0.288 e. The normalized spacial score (nSPS) is 18.3. The first-order chi connectivity index (χ1) is 15.8. The molecule has 2 aromatic heterocycles. The second-order valence-corrected chi connectivity index (χ2v) is 10.9. The molecule has 2 aliphatic heterocycles. The van der Waals surface area contributed by atoms with Gasteiger partial charge in [0.15, 0.2) is 11.5 Å². The van der Waals surface area contributed by atoms with Crippen LogP contribution in [0.15, 0.2) is 40.5 Å². The summed E-state index contributed by atoms with van der Waals surface area (Å²) >= 11 is 3.50. The zero-order chi connectivity index (χ0) is 24.0. The molecular formula is C25H35N4O2S2+.